The predicted octanol–water partition coefficient (Wildman–Crippen LogP) is 1.29. The van der Waals surface area contributed by atoms with Gasteiger partial charge in [-0.3, -0.25) is 9.69 Å². The van der Waals surface area contributed by atoms with Gasteiger partial charge >= 0.3 is 0 Å². The van der Waals surface area contributed by atoms with Gasteiger partial charge in [-0.15, -0.1) is 0 Å². The summed E-state index contributed by atoms with van der Waals surface area (Å²) in [5.74, 6) is -0.0990. The van der Waals surface area contributed by atoms with E-state index in [1.807, 2.05) is 30.3 Å². The number of hydrogen-bond donors (Lipinski definition) is 2. The first-order chi connectivity index (χ1) is 9.22. The van der Waals surface area contributed by atoms with Crippen LogP contribution in [0.25, 0.3) is 0 Å². The Bertz CT molecular complexity index is 403. The molecule has 19 heavy (non-hydrogen) atoms. The fourth-order valence-corrected chi connectivity index (χ4v) is 2.28. The van der Waals surface area contributed by atoms with Crippen molar-refractivity contribution < 1.29 is 4.79 Å². The summed E-state index contributed by atoms with van der Waals surface area (Å²) in [5.41, 5.74) is 6.79. The summed E-state index contributed by atoms with van der Waals surface area (Å²) in [6.07, 6.45) is 2.59. The molecule has 1 aromatic rings. The van der Waals surface area contributed by atoms with E-state index in [-0.39, 0.29) is 5.91 Å². The van der Waals surface area contributed by atoms with Crippen LogP contribution in [0.2, 0.25) is 0 Å². The fraction of sp³-hybridized carbons (Fsp3) is 0.533. The van der Waals surface area contributed by atoms with Crippen LogP contribution in [0.1, 0.15) is 31.4 Å². The molecule has 4 heteroatoms. The van der Waals surface area contributed by atoms with Crippen molar-refractivity contribution in [2.45, 2.75) is 31.8 Å². The number of benzene rings is 1. The van der Waals surface area contributed by atoms with E-state index in [2.05, 4.69) is 17.1 Å². The van der Waals surface area contributed by atoms with E-state index >= 15 is 0 Å². The molecule has 3 N–H and O–H groups in total. The summed E-state index contributed by atoms with van der Waals surface area (Å²) in [7, 11) is 0. The monoisotopic (exact) mass is 261 g/mol. The molecule has 1 amide bonds. The maximum Gasteiger partial charge on any atom is 0.241 e. The molecule has 0 spiro atoms. The van der Waals surface area contributed by atoms with Gasteiger partial charge in [0.15, 0.2) is 0 Å². The van der Waals surface area contributed by atoms with Crippen molar-refractivity contribution in [1.29, 1.82) is 0 Å². The third-order valence-corrected chi connectivity index (χ3v) is 3.61. The summed E-state index contributed by atoms with van der Waals surface area (Å²) < 4.78 is 0. The molecule has 1 fully saturated rings. The van der Waals surface area contributed by atoms with Gasteiger partial charge in [-0.25, -0.2) is 0 Å². The van der Waals surface area contributed by atoms with Crippen molar-refractivity contribution in [3.8, 4) is 0 Å². The first-order valence-electron chi connectivity index (χ1n) is 7.04. The highest BCUT2D eigenvalue weighted by Gasteiger charge is 2.27. The summed E-state index contributed by atoms with van der Waals surface area (Å²) in [4.78, 5) is 14.4. The topological polar surface area (TPSA) is 58.4 Å². The van der Waals surface area contributed by atoms with E-state index in [0.717, 1.165) is 24.7 Å². The largest absolute Gasteiger partial charge is 0.353 e. The van der Waals surface area contributed by atoms with Gasteiger partial charge in [0.2, 0.25) is 5.91 Å². The Hall–Kier alpha value is -1.39. The number of nitrogens with two attached hydrogens (primary N) is 1. The minimum Gasteiger partial charge on any atom is -0.353 e. The van der Waals surface area contributed by atoms with E-state index in [1.165, 1.54) is 12.8 Å². The highest BCUT2D eigenvalue weighted by Crippen LogP contribution is 2.25. The van der Waals surface area contributed by atoms with Crippen LogP contribution in [-0.2, 0) is 4.79 Å². The summed E-state index contributed by atoms with van der Waals surface area (Å²) in [6, 6.07) is 9.65. The molecule has 1 aliphatic rings. The van der Waals surface area contributed by atoms with Crippen LogP contribution in [0.5, 0.6) is 0 Å². The van der Waals surface area contributed by atoms with Gasteiger partial charge in [0.25, 0.3) is 0 Å². The van der Waals surface area contributed by atoms with Crippen LogP contribution < -0.4 is 11.1 Å². The molecule has 0 bridgehead atoms. The SMILES string of the molecule is CCN(CCNC(=O)[C@H](N)c1ccccc1)C1CC1. The van der Waals surface area contributed by atoms with Gasteiger partial charge in [0, 0.05) is 19.1 Å². The van der Waals surface area contributed by atoms with Crippen molar-refractivity contribution in [3.63, 3.8) is 0 Å². The second-order valence-corrected chi connectivity index (χ2v) is 5.04. The Morgan fingerprint density at radius 2 is 2.11 bits per heavy atom. The Balaban J connectivity index is 1.74. The summed E-state index contributed by atoms with van der Waals surface area (Å²) in [6.45, 7) is 4.79. The Kier molecular flexibility index (Phi) is 4.93. The molecule has 0 saturated heterocycles. The van der Waals surface area contributed by atoms with Crippen molar-refractivity contribution >= 4 is 5.91 Å². The molecule has 1 saturated carbocycles. The standard InChI is InChI=1S/C15H23N3O/c1-2-18(13-8-9-13)11-10-17-15(19)14(16)12-6-4-3-5-7-12/h3-7,13-14H,2,8-11,16H2,1H3,(H,17,19)/t14-/m1/s1. The normalized spacial score (nSPS) is 16.4. The minimum atomic E-state index is -0.572. The number of amides is 1. The lowest BCUT2D eigenvalue weighted by molar-refractivity contribution is -0.122. The van der Waals surface area contributed by atoms with Crippen LogP contribution in [0.4, 0.5) is 0 Å². The van der Waals surface area contributed by atoms with Crippen LogP contribution in [-0.4, -0.2) is 36.5 Å². The fourth-order valence-electron chi connectivity index (χ4n) is 2.28. The number of nitrogens with one attached hydrogen (secondary N) is 1. The first-order valence-corrected chi connectivity index (χ1v) is 7.04. The smallest absolute Gasteiger partial charge is 0.241 e. The number of rotatable bonds is 7. The van der Waals surface area contributed by atoms with Crippen molar-refractivity contribution in [2.75, 3.05) is 19.6 Å². The number of carbonyl (C=O) groups is 1. The lowest BCUT2D eigenvalue weighted by Gasteiger charge is -2.20. The molecule has 1 aliphatic carbocycles. The summed E-state index contributed by atoms with van der Waals surface area (Å²) in [5, 5.41) is 2.92. The maximum absolute atomic E-state index is 11.9. The van der Waals surface area contributed by atoms with Crippen LogP contribution in [0, 0.1) is 0 Å². The molecular formula is C15H23N3O. The zero-order valence-electron chi connectivity index (χ0n) is 11.5. The molecule has 1 atom stereocenters. The van der Waals surface area contributed by atoms with Gasteiger partial charge in [-0.2, -0.15) is 0 Å². The van der Waals surface area contributed by atoms with Crippen molar-refractivity contribution in [1.82, 2.24) is 10.2 Å². The van der Waals surface area contributed by atoms with Crippen molar-refractivity contribution in [2.24, 2.45) is 5.73 Å². The third kappa shape index (κ3) is 4.04. The number of likely N-dealkylation sites (N-methyl/N-ethyl adjacent to an activating group) is 1. The molecule has 0 aliphatic heterocycles. The second-order valence-electron chi connectivity index (χ2n) is 5.04. The predicted molar refractivity (Wildman–Crippen MR) is 76.6 cm³/mol. The average molecular weight is 261 g/mol. The highest BCUT2D eigenvalue weighted by molar-refractivity contribution is 5.82. The molecule has 0 aromatic heterocycles. The highest BCUT2D eigenvalue weighted by atomic mass is 16.2. The lowest BCUT2D eigenvalue weighted by atomic mass is 10.1. The Labute approximate surface area is 115 Å². The van der Waals surface area contributed by atoms with Crippen molar-refractivity contribution in [3.05, 3.63) is 35.9 Å². The Morgan fingerprint density at radius 3 is 2.68 bits per heavy atom. The van der Waals surface area contributed by atoms with Gasteiger partial charge in [0.1, 0.15) is 6.04 Å². The zero-order chi connectivity index (χ0) is 13.7. The number of carbonyl (C=O) groups excluding carboxylic acids is 1. The van der Waals surface area contributed by atoms with Gasteiger partial charge in [-0.1, -0.05) is 37.3 Å². The maximum atomic E-state index is 11.9. The van der Waals surface area contributed by atoms with E-state index in [9.17, 15) is 4.79 Å². The van der Waals surface area contributed by atoms with Gasteiger partial charge in [-0.05, 0) is 24.9 Å². The molecule has 2 rings (SSSR count). The lowest BCUT2D eigenvalue weighted by Crippen LogP contribution is -2.39. The minimum absolute atomic E-state index is 0.0990. The zero-order valence-corrected chi connectivity index (χ0v) is 11.5. The van der Waals surface area contributed by atoms with Crippen LogP contribution in [0.15, 0.2) is 30.3 Å². The second kappa shape index (κ2) is 6.68. The van der Waals surface area contributed by atoms with Gasteiger partial charge in [0.05, 0.1) is 0 Å². The van der Waals surface area contributed by atoms with Crippen LogP contribution >= 0.6 is 0 Å². The molecule has 104 valence electrons. The van der Waals surface area contributed by atoms with E-state index in [4.69, 9.17) is 5.73 Å². The van der Waals surface area contributed by atoms with E-state index in [0.29, 0.717) is 6.54 Å². The number of nitrogens with zero attached hydrogens (tertiary/aromatic N) is 1. The number of hydrogen-bond acceptors (Lipinski definition) is 3. The van der Waals surface area contributed by atoms with Gasteiger partial charge < -0.3 is 11.1 Å². The van der Waals surface area contributed by atoms with E-state index < -0.39 is 6.04 Å². The molecular weight excluding hydrogens is 238 g/mol. The first kappa shape index (κ1) is 14.0. The molecule has 0 radical (unpaired) electrons. The molecule has 0 heterocycles. The quantitative estimate of drug-likeness (QED) is 0.777. The molecule has 4 nitrogen and oxygen atoms in total. The Morgan fingerprint density at radius 1 is 1.42 bits per heavy atom. The third-order valence-electron chi connectivity index (χ3n) is 3.61. The van der Waals surface area contributed by atoms with E-state index in [1.54, 1.807) is 0 Å². The molecule has 1 aromatic carbocycles. The summed E-state index contributed by atoms with van der Waals surface area (Å²) >= 11 is 0. The molecule has 0 unspecified atom stereocenters. The average Bonchev–Trinajstić information content (AvgIpc) is 3.28. The van der Waals surface area contributed by atoms with Crippen LogP contribution in [0.3, 0.4) is 0 Å².